The van der Waals surface area contributed by atoms with E-state index in [0.29, 0.717) is 17.9 Å². The first kappa shape index (κ1) is 14.3. The molecule has 1 aromatic rings. The summed E-state index contributed by atoms with van der Waals surface area (Å²) in [5, 5.41) is 9.66. The average Bonchev–Trinajstić information content (AvgIpc) is 2.39. The van der Waals surface area contributed by atoms with E-state index in [4.69, 9.17) is 11.6 Å². The summed E-state index contributed by atoms with van der Waals surface area (Å²) in [6.45, 7) is 0. The van der Waals surface area contributed by atoms with Crippen molar-refractivity contribution >= 4 is 21.6 Å². The van der Waals surface area contributed by atoms with Gasteiger partial charge in [0.15, 0.2) is 0 Å². The van der Waals surface area contributed by atoms with Crippen LogP contribution in [0.25, 0.3) is 0 Å². The Bertz CT molecular complexity index is 601. The fourth-order valence-electron chi connectivity index (χ4n) is 2.34. The average molecular weight is 299 g/mol. The molecule has 0 aliphatic heterocycles. The smallest absolute Gasteiger partial charge is 0.207 e. The Morgan fingerprint density at radius 3 is 2.53 bits per heavy atom. The summed E-state index contributed by atoms with van der Waals surface area (Å²) in [4.78, 5) is 0.0974. The summed E-state index contributed by atoms with van der Waals surface area (Å²) < 4.78 is 27.1. The van der Waals surface area contributed by atoms with Crippen LogP contribution in [-0.4, -0.2) is 14.0 Å². The molecule has 19 heavy (non-hydrogen) atoms. The van der Waals surface area contributed by atoms with Crippen molar-refractivity contribution in [3.63, 3.8) is 0 Å². The number of hydrogen-bond acceptors (Lipinski definition) is 3. The number of hydrogen-bond donors (Lipinski definition) is 1. The zero-order chi connectivity index (χ0) is 13.9. The van der Waals surface area contributed by atoms with Crippen LogP contribution in [-0.2, 0) is 10.0 Å². The molecule has 1 saturated carbocycles. The van der Waals surface area contributed by atoms with E-state index in [9.17, 15) is 13.7 Å². The summed E-state index contributed by atoms with van der Waals surface area (Å²) in [6.07, 6.45) is 3.90. The Morgan fingerprint density at radius 2 is 1.95 bits per heavy atom. The summed E-state index contributed by atoms with van der Waals surface area (Å²) in [6, 6.07) is 8.19. The van der Waals surface area contributed by atoms with Gasteiger partial charge in [-0.3, -0.25) is 0 Å². The molecule has 102 valence electrons. The molecule has 1 N–H and O–H groups in total. The lowest BCUT2D eigenvalue weighted by Crippen LogP contribution is -2.48. The summed E-state index contributed by atoms with van der Waals surface area (Å²) in [5.41, 5.74) is -0.973. The minimum Gasteiger partial charge on any atom is -0.207 e. The van der Waals surface area contributed by atoms with Crippen molar-refractivity contribution in [3.05, 3.63) is 29.3 Å². The van der Waals surface area contributed by atoms with Gasteiger partial charge in [0.25, 0.3) is 0 Å². The molecule has 6 heteroatoms. The van der Waals surface area contributed by atoms with Gasteiger partial charge in [-0.1, -0.05) is 36.9 Å². The monoisotopic (exact) mass is 298 g/mol. The highest BCUT2D eigenvalue weighted by atomic mass is 35.5. The van der Waals surface area contributed by atoms with Crippen LogP contribution >= 0.6 is 11.6 Å². The van der Waals surface area contributed by atoms with E-state index in [1.807, 2.05) is 0 Å². The molecule has 1 aromatic carbocycles. The van der Waals surface area contributed by atoms with E-state index in [2.05, 4.69) is 10.8 Å². The van der Waals surface area contributed by atoms with E-state index in [1.54, 1.807) is 12.1 Å². The van der Waals surface area contributed by atoms with Gasteiger partial charge in [0.1, 0.15) is 5.54 Å². The van der Waals surface area contributed by atoms with Gasteiger partial charge in [-0.25, -0.2) is 8.42 Å². The number of benzene rings is 1. The van der Waals surface area contributed by atoms with E-state index >= 15 is 0 Å². The lowest BCUT2D eigenvalue weighted by Gasteiger charge is -2.31. The number of rotatable bonds is 3. The third-order valence-electron chi connectivity index (χ3n) is 3.36. The Morgan fingerprint density at radius 1 is 1.26 bits per heavy atom. The molecule has 0 aromatic heterocycles. The molecule has 0 unspecified atom stereocenters. The number of nitrogens with one attached hydrogen (secondary N) is 1. The van der Waals surface area contributed by atoms with Gasteiger partial charge in [-0.2, -0.15) is 9.98 Å². The Labute approximate surface area is 118 Å². The molecular formula is C13H15ClN2O2S. The van der Waals surface area contributed by atoms with Gasteiger partial charge >= 0.3 is 0 Å². The van der Waals surface area contributed by atoms with Crippen molar-refractivity contribution in [2.45, 2.75) is 42.5 Å². The van der Waals surface area contributed by atoms with E-state index in [1.165, 1.54) is 12.1 Å². The minimum absolute atomic E-state index is 0.0974. The van der Waals surface area contributed by atoms with Gasteiger partial charge in [-0.15, -0.1) is 0 Å². The van der Waals surface area contributed by atoms with Gasteiger partial charge < -0.3 is 0 Å². The number of halogens is 1. The van der Waals surface area contributed by atoms with Gasteiger partial charge in [0.05, 0.1) is 11.0 Å². The predicted molar refractivity (Wildman–Crippen MR) is 73.2 cm³/mol. The molecule has 0 radical (unpaired) electrons. The Kier molecular flexibility index (Phi) is 4.14. The molecular weight excluding hydrogens is 284 g/mol. The lowest BCUT2D eigenvalue weighted by atomic mass is 9.84. The molecule has 1 aliphatic carbocycles. The molecule has 4 nitrogen and oxygen atoms in total. The first-order chi connectivity index (χ1) is 8.97. The van der Waals surface area contributed by atoms with Crippen LogP contribution in [0.3, 0.4) is 0 Å². The van der Waals surface area contributed by atoms with E-state index in [0.717, 1.165) is 19.3 Å². The van der Waals surface area contributed by atoms with Gasteiger partial charge in [0.2, 0.25) is 10.0 Å². The van der Waals surface area contributed by atoms with Crippen molar-refractivity contribution in [1.82, 2.24) is 4.72 Å². The minimum atomic E-state index is -3.71. The largest absolute Gasteiger partial charge is 0.241 e. The molecule has 1 fully saturated rings. The van der Waals surface area contributed by atoms with E-state index < -0.39 is 15.6 Å². The van der Waals surface area contributed by atoms with Gasteiger partial charge in [-0.05, 0) is 31.0 Å². The molecule has 0 saturated heterocycles. The normalized spacial score (nSPS) is 18.7. The lowest BCUT2D eigenvalue weighted by molar-refractivity contribution is 0.338. The first-order valence-corrected chi connectivity index (χ1v) is 8.04. The fraction of sp³-hybridized carbons (Fsp3) is 0.462. The molecule has 0 amide bonds. The first-order valence-electron chi connectivity index (χ1n) is 6.18. The van der Waals surface area contributed by atoms with Crippen molar-refractivity contribution in [1.29, 1.82) is 5.26 Å². The third-order valence-corrected chi connectivity index (χ3v) is 5.13. The van der Waals surface area contributed by atoms with Crippen LogP contribution in [0.4, 0.5) is 0 Å². The molecule has 0 bridgehead atoms. The molecule has 1 aliphatic rings. The maximum Gasteiger partial charge on any atom is 0.241 e. The second-order valence-corrected chi connectivity index (χ2v) is 6.94. The van der Waals surface area contributed by atoms with Crippen LogP contribution in [0.2, 0.25) is 5.02 Å². The van der Waals surface area contributed by atoms with Crippen molar-refractivity contribution in [2.24, 2.45) is 0 Å². The number of sulfonamides is 1. The summed E-state index contributed by atoms with van der Waals surface area (Å²) >= 11 is 5.80. The predicted octanol–water partition coefficient (Wildman–Crippen LogP) is 2.84. The van der Waals surface area contributed by atoms with Crippen LogP contribution in [0.15, 0.2) is 29.2 Å². The molecule has 0 atom stereocenters. The highest BCUT2D eigenvalue weighted by molar-refractivity contribution is 7.89. The van der Waals surface area contributed by atoms with Crippen molar-refractivity contribution in [3.8, 4) is 6.07 Å². The fourth-order valence-corrected chi connectivity index (χ4v) is 4.02. The Balaban J connectivity index is 2.28. The van der Waals surface area contributed by atoms with Crippen LogP contribution in [0.5, 0.6) is 0 Å². The zero-order valence-electron chi connectivity index (χ0n) is 10.4. The zero-order valence-corrected chi connectivity index (χ0v) is 12.0. The maximum atomic E-state index is 12.3. The van der Waals surface area contributed by atoms with Crippen molar-refractivity contribution < 1.29 is 8.42 Å². The summed E-state index contributed by atoms with van der Waals surface area (Å²) in [7, 11) is -3.71. The second kappa shape index (κ2) is 5.49. The summed E-state index contributed by atoms with van der Waals surface area (Å²) in [5.74, 6) is 0. The van der Waals surface area contributed by atoms with E-state index in [-0.39, 0.29) is 4.90 Å². The number of nitrogens with zero attached hydrogens (tertiary/aromatic N) is 1. The van der Waals surface area contributed by atoms with Crippen LogP contribution in [0, 0.1) is 11.3 Å². The second-order valence-electron chi connectivity index (χ2n) is 4.82. The molecule has 0 spiro atoms. The number of nitriles is 1. The molecule has 0 heterocycles. The van der Waals surface area contributed by atoms with Crippen LogP contribution < -0.4 is 4.72 Å². The third kappa shape index (κ3) is 3.27. The molecule has 2 rings (SSSR count). The van der Waals surface area contributed by atoms with Crippen molar-refractivity contribution in [2.75, 3.05) is 0 Å². The van der Waals surface area contributed by atoms with Gasteiger partial charge in [0, 0.05) is 5.02 Å². The quantitative estimate of drug-likeness (QED) is 0.933. The van der Waals surface area contributed by atoms with Crippen LogP contribution in [0.1, 0.15) is 32.1 Å². The highest BCUT2D eigenvalue weighted by Gasteiger charge is 2.36. The topological polar surface area (TPSA) is 70.0 Å². The highest BCUT2D eigenvalue weighted by Crippen LogP contribution is 2.29. The maximum absolute atomic E-state index is 12.3. The standard InChI is InChI=1S/C13H15ClN2O2S/c14-11-5-4-6-12(9-11)19(17,18)16-13(10-15)7-2-1-3-8-13/h4-6,9,16H,1-3,7-8H2. The SMILES string of the molecule is N#CC1(NS(=O)(=O)c2cccc(Cl)c2)CCCCC1. The Hall–Kier alpha value is -1.09.